The number of aromatic carboxylic acids is 1. The average molecular weight is 343 g/mol. The normalized spacial score (nSPS) is 10.5. The zero-order chi connectivity index (χ0) is 14.8. The summed E-state index contributed by atoms with van der Waals surface area (Å²) in [4.78, 5) is 11.3. The molecule has 21 heavy (non-hydrogen) atoms. The molecule has 1 aromatic heterocycles. The largest absolute Gasteiger partial charge is 0.478 e. The Kier molecular flexibility index (Phi) is 3.58. The fraction of sp³-hybridized carbons (Fsp3) is 0. The van der Waals surface area contributed by atoms with Crippen molar-refractivity contribution in [3.63, 3.8) is 0 Å². The van der Waals surface area contributed by atoms with Gasteiger partial charge in [-0.15, -0.1) is 0 Å². The Labute approximate surface area is 129 Å². The second-order valence-corrected chi connectivity index (χ2v) is 5.42. The molecule has 5 heteroatoms. The molecule has 3 aromatic rings. The summed E-state index contributed by atoms with van der Waals surface area (Å²) in [7, 11) is 0. The van der Waals surface area contributed by atoms with E-state index < -0.39 is 5.97 Å². The number of aromatic nitrogens is 2. The van der Waals surface area contributed by atoms with Gasteiger partial charge in [-0.05, 0) is 29.8 Å². The topological polar surface area (TPSA) is 55.1 Å². The number of para-hydroxylation sites is 1. The highest BCUT2D eigenvalue weighted by Gasteiger charge is 2.12. The molecule has 0 radical (unpaired) electrons. The lowest BCUT2D eigenvalue weighted by Gasteiger charge is -2.05. The summed E-state index contributed by atoms with van der Waals surface area (Å²) < 4.78 is 2.59. The molecule has 0 atom stereocenters. The van der Waals surface area contributed by atoms with E-state index in [1.54, 1.807) is 35.1 Å². The lowest BCUT2D eigenvalue weighted by atomic mass is 10.1. The van der Waals surface area contributed by atoms with Crippen LogP contribution in [0.1, 0.15) is 10.4 Å². The van der Waals surface area contributed by atoms with E-state index in [9.17, 15) is 9.90 Å². The zero-order valence-electron chi connectivity index (χ0n) is 10.9. The van der Waals surface area contributed by atoms with Crippen LogP contribution < -0.4 is 0 Å². The van der Waals surface area contributed by atoms with Crippen molar-refractivity contribution >= 4 is 21.9 Å². The van der Waals surface area contributed by atoms with E-state index in [0.29, 0.717) is 5.69 Å². The Morgan fingerprint density at radius 1 is 1.05 bits per heavy atom. The molecular formula is C16H11BrN2O2. The number of nitrogens with zero attached hydrogens (tertiary/aromatic N) is 2. The van der Waals surface area contributed by atoms with Gasteiger partial charge in [0.25, 0.3) is 0 Å². The molecule has 104 valence electrons. The van der Waals surface area contributed by atoms with Crippen LogP contribution in [-0.2, 0) is 0 Å². The summed E-state index contributed by atoms with van der Waals surface area (Å²) in [5, 5.41) is 13.5. The summed E-state index contributed by atoms with van der Waals surface area (Å²) in [6.45, 7) is 0. The molecule has 4 nitrogen and oxygen atoms in total. The third-order valence-electron chi connectivity index (χ3n) is 3.14. The van der Waals surface area contributed by atoms with Gasteiger partial charge in [0.1, 0.15) is 0 Å². The SMILES string of the molecule is O=C(O)c1ccccc1-n1cc(-c2ccc(Br)cc2)cn1. The summed E-state index contributed by atoms with van der Waals surface area (Å²) >= 11 is 3.40. The molecule has 2 aromatic carbocycles. The number of benzene rings is 2. The number of carboxylic acids is 1. The number of carbonyl (C=O) groups is 1. The van der Waals surface area contributed by atoms with E-state index >= 15 is 0 Å². The third-order valence-corrected chi connectivity index (χ3v) is 3.67. The maximum Gasteiger partial charge on any atom is 0.337 e. The Morgan fingerprint density at radius 3 is 2.48 bits per heavy atom. The molecule has 0 amide bonds. The minimum Gasteiger partial charge on any atom is -0.478 e. The Balaban J connectivity index is 2.03. The van der Waals surface area contributed by atoms with Gasteiger partial charge in [0.15, 0.2) is 0 Å². The monoisotopic (exact) mass is 342 g/mol. The standard InChI is InChI=1S/C16H11BrN2O2/c17-13-7-5-11(6-8-13)12-9-18-19(10-12)15-4-2-1-3-14(15)16(20)21/h1-10H,(H,20,21). The van der Waals surface area contributed by atoms with E-state index in [4.69, 9.17) is 0 Å². The van der Waals surface area contributed by atoms with E-state index in [-0.39, 0.29) is 5.56 Å². The van der Waals surface area contributed by atoms with Crippen molar-refractivity contribution in [3.05, 3.63) is 71.0 Å². The van der Waals surface area contributed by atoms with Gasteiger partial charge >= 0.3 is 5.97 Å². The quantitative estimate of drug-likeness (QED) is 0.782. The second kappa shape index (κ2) is 5.54. The first-order chi connectivity index (χ1) is 10.1. The van der Waals surface area contributed by atoms with Crippen molar-refractivity contribution in [3.8, 4) is 16.8 Å². The number of rotatable bonds is 3. The molecule has 0 saturated heterocycles. The third kappa shape index (κ3) is 2.73. The van der Waals surface area contributed by atoms with Crippen molar-refractivity contribution in [2.75, 3.05) is 0 Å². The highest BCUT2D eigenvalue weighted by atomic mass is 79.9. The summed E-state index contributed by atoms with van der Waals surface area (Å²) in [6, 6.07) is 14.7. The molecule has 1 heterocycles. The molecule has 0 fully saturated rings. The van der Waals surface area contributed by atoms with Crippen molar-refractivity contribution < 1.29 is 9.90 Å². The highest BCUT2D eigenvalue weighted by Crippen LogP contribution is 2.23. The average Bonchev–Trinajstić information content (AvgIpc) is 2.97. The first-order valence-electron chi connectivity index (χ1n) is 6.28. The minimum absolute atomic E-state index is 0.225. The summed E-state index contributed by atoms with van der Waals surface area (Å²) in [5.74, 6) is -0.966. The van der Waals surface area contributed by atoms with Crippen LogP contribution in [0.15, 0.2) is 65.4 Å². The van der Waals surface area contributed by atoms with Gasteiger partial charge in [0, 0.05) is 16.2 Å². The van der Waals surface area contributed by atoms with Gasteiger partial charge in [0.05, 0.1) is 17.4 Å². The van der Waals surface area contributed by atoms with Crippen LogP contribution in [0.25, 0.3) is 16.8 Å². The smallest absolute Gasteiger partial charge is 0.337 e. The highest BCUT2D eigenvalue weighted by molar-refractivity contribution is 9.10. The molecule has 0 spiro atoms. The Morgan fingerprint density at radius 2 is 1.76 bits per heavy atom. The van der Waals surface area contributed by atoms with Crippen LogP contribution in [0.2, 0.25) is 0 Å². The number of halogens is 1. The van der Waals surface area contributed by atoms with E-state index in [0.717, 1.165) is 15.6 Å². The molecule has 0 unspecified atom stereocenters. The van der Waals surface area contributed by atoms with Gasteiger partial charge in [-0.25, -0.2) is 9.48 Å². The Hall–Kier alpha value is -2.40. The number of hydrogen-bond donors (Lipinski definition) is 1. The fourth-order valence-electron chi connectivity index (χ4n) is 2.10. The maximum absolute atomic E-state index is 11.3. The lowest BCUT2D eigenvalue weighted by Crippen LogP contribution is -2.05. The predicted octanol–water partition coefficient (Wildman–Crippen LogP) is 4.00. The van der Waals surface area contributed by atoms with E-state index in [2.05, 4.69) is 21.0 Å². The minimum atomic E-state index is -0.966. The van der Waals surface area contributed by atoms with Crippen LogP contribution in [0.3, 0.4) is 0 Å². The summed E-state index contributed by atoms with van der Waals surface area (Å²) in [5.41, 5.74) is 2.73. The van der Waals surface area contributed by atoms with Crippen molar-refractivity contribution in [2.45, 2.75) is 0 Å². The molecule has 0 aliphatic heterocycles. The van der Waals surface area contributed by atoms with Gasteiger partial charge in [-0.3, -0.25) is 0 Å². The predicted molar refractivity (Wildman–Crippen MR) is 83.7 cm³/mol. The van der Waals surface area contributed by atoms with Crippen molar-refractivity contribution in [2.24, 2.45) is 0 Å². The molecule has 0 saturated carbocycles. The molecule has 0 bridgehead atoms. The molecule has 0 aliphatic carbocycles. The van der Waals surface area contributed by atoms with Gasteiger partial charge < -0.3 is 5.11 Å². The second-order valence-electron chi connectivity index (χ2n) is 4.50. The van der Waals surface area contributed by atoms with Crippen LogP contribution in [-0.4, -0.2) is 20.9 Å². The zero-order valence-corrected chi connectivity index (χ0v) is 12.5. The lowest BCUT2D eigenvalue weighted by molar-refractivity contribution is 0.0696. The fourth-order valence-corrected chi connectivity index (χ4v) is 2.36. The number of carboxylic acid groups (broad SMARTS) is 1. The molecule has 3 rings (SSSR count). The van der Waals surface area contributed by atoms with Crippen molar-refractivity contribution in [1.29, 1.82) is 0 Å². The number of hydrogen-bond acceptors (Lipinski definition) is 2. The van der Waals surface area contributed by atoms with Gasteiger partial charge in [0.2, 0.25) is 0 Å². The van der Waals surface area contributed by atoms with E-state index in [1.807, 2.05) is 30.5 Å². The van der Waals surface area contributed by atoms with Crippen LogP contribution in [0.5, 0.6) is 0 Å². The first kappa shape index (κ1) is 13.6. The summed E-state index contributed by atoms with van der Waals surface area (Å²) in [6.07, 6.45) is 3.55. The molecule has 1 N–H and O–H groups in total. The van der Waals surface area contributed by atoms with E-state index in [1.165, 1.54) is 0 Å². The van der Waals surface area contributed by atoms with Crippen molar-refractivity contribution in [1.82, 2.24) is 9.78 Å². The maximum atomic E-state index is 11.3. The first-order valence-corrected chi connectivity index (χ1v) is 7.08. The molecular weight excluding hydrogens is 332 g/mol. The van der Waals surface area contributed by atoms with Gasteiger partial charge in [-0.2, -0.15) is 5.10 Å². The van der Waals surface area contributed by atoms with Crippen LogP contribution in [0.4, 0.5) is 0 Å². The molecule has 0 aliphatic rings. The van der Waals surface area contributed by atoms with Crippen LogP contribution in [0, 0.1) is 0 Å². The van der Waals surface area contributed by atoms with Gasteiger partial charge in [-0.1, -0.05) is 40.2 Å². The Bertz CT molecular complexity index is 794. The van der Waals surface area contributed by atoms with Crippen LogP contribution >= 0.6 is 15.9 Å².